The number of nitrogens with zero attached hydrogens (tertiary/aromatic N) is 2. The summed E-state index contributed by atoms with van der Waals surface area (Å²) in [4.78, 5) is 4.26. The lowest BCUT2D eigenvalue weighted by Crippen LogP contribution is -2.41. The fourth-order valence-corrected chi connectivity index (χ4v) is 2.68. The van der Waals surface area contributed by atoms with Gasteiger partial charge in [-0.25, -0.2) is 0 Å². The fraction of sp³-hybridized carbons (Fsp3) is 0.474. The van der Waals surface area contributed by atoms with Crippen molar-refractivity contribution in [1.82, 2.24) is 15.8 Å². The summed E-state index contributed by atoms with van der Waals surface area (Å²) in [6, 6.07) is 7.34. The maximum Gasteiger partial charge on any atom is 0.191 e. The molecule has 0 saturated heterocycles. The molecule has 0 spiro atoms. The Bertz CT molecular complexity index is 697. The Kier molecular flexibility index (Phi) is 10.5. The van der Waals surface area contributed by atoms with Gasteiger partial charge in [0, 0.05) is 30.6 Å². The van der Waals surface area contributed by atoms with Gasteiger partial charge >= 0.3 is 0 Å². The van der Waals surface area contributed by atoms with Crippen LogP contribution in [-0.4, -0.2) is 30.8 Å². The van der Waals surface area contributed by atoms with Gasteiger partial charge in [0.2, 0.25) is 0 Å². The van der Waals surface area contributed by atoms with Gasteiger partial charge in [-0.05, 0) is 37.6 Å². The number of aliphatic imine (C=N–C) groups is 1. The van der Waals surface area contributed by atoms with Crippen molar-refractivity contribution in [3.63, 3.8) is 0 Å². The highest BCUT2D eigenvalue weighted by Crippen LogP contribution is 2.17. The number of nitrogens with one attached hydrogen (secondary N) is 2. The second kappa shape index (κ2) is 12.1. The Morgan fingerprint density at radius 1 is 1.22 bits per heavy atom. The number of aromatic nitrogens is 1. The summed E-state index contributed by atoms with van der Waals surface area (Å²) in [6.07, 6.45) is 1.64. The van der Waals surface area contributed by atoms with E-state index in [1.54, 1.807) is 7.05 Å². The fourth-order valence-electron chi connectivity index (χ4n) is 2.56. The summed E-state index contributed by atoms with van der Waals surface area (Å²) in [7, 11) is 1.75. The second-order valence-corrected chi connectivity index (χ2v) is 6.36. The first-order valence-corrected chi connectivity index (χ1v) is 9.28. The Labute approximate surface area is 183 Å². The van der Waals surface area contributed by atoms with Crippen molar-refractivity contribution >= 4 is 41.5 Å². The number of guanidine groups is 1. The monoisotopic (exact) mass is 506 g/mol. The molecule has 0 aliphatic heterocycles. The van der Waals surface area contributed by atoms with Gasteiger partial charge in [-0.3, -0.25) is 4.99 Å². The third-order valence-electron chi connectivity index (χ3n) is 3.97. The molecular weight excluding hydrogens is 479 g/mol. The van der Waals surface area contributed by atoms with Crippen molar-refractivity contribution in [3.05, 3.63) is 46.3 Å². The van der Waals surface area contributed by atoms with Crippen molar-refractivity contribution in [2.75, 3.05) is 13.6 Å². The molecule has 2 rings (SSSR count). The van der Waals surface area contributed by atoms with Crippen LogP contribution in [0.3, 0.4) is 0 Å². The normalized spacial score (nSPS) is 12.3. The smallest absolute Gasteiger partial charge is 0.191 e. The molecule has 0 aliphatic carbocycles. The van der Waals surface area contributed by atoms with Gasteiger partial charge in [0.1, 0.15) is 17.6 Å². The summed E-state index contributed by atoms with van der Waals surface area (Å²) in [6.45, 7) is 7.38. The van der Waals surface area contributed by atoms with E-state index in [4.69, 9.17) is 20.9 Å². The van der Waals surface area contributed by atoms with Crippen molar-refractivity contribution < 1.29 is 9.26 Å². The van der Waals surface area contributed by atoms with Crippen LogP contribution in [-0.2, 0) is 19.4 Å². The molecule has 1 aromatic carbocycles. The zero-order valence-electron chi connectivity index (χ0n) is 16.2. The lowest BCUT2D eigenvalue weighted by atomic mass is 10.1. The van der Waals surface area contributed by atoms with E-state index in [1.807, 2.05) is 31.2 Å². The molecule has 1 heterocycles. The summed E-state index contributed by atoms with van der Waals surface area (Å²) in [5, 5.41) is 11.4. The highest BCUT2D eigenvalue weighted by atomic mass is 127. The SMILES string of the molecule is CCc1noc(CC)c1CNC(=NC)NCC(C)Oc1ccc(Cl)cc1.I. The molecule has 1 unspecified atom stereocenters. The third-order valence-corrected chi connectivity index (χ3v) is 4.22. The van der Waals surface area contributed by atoms with E-state index >= 15 is 0 Å². The van der Waals surface area contributed by atoms with Crippen molar-refractivity contribution in [1.29, 1.82) is 0 Å². The highest BCUT2D eigenvalue weighted by Gasteiger charge is 2.14. The first-order valence-electron chi connectivity index (χ1n) is 8.90. The van der Waals surface area contributed by atoms with Crippen LogP contribution in [0, 0.1) is 0 Å². The Balaban J connectivity index is 0.00000364. The lowest BCUT2D eigenvalue weighted by Gasteiger charge is -2.18. The van der Waals surface area contributed by atoms with E-state index in [-0.39, 0.29) is 30.1 Å². The zero-order chi connectivity index (χ0) is 18.9. The number of hydrogen-bond donors (Lipinski definition) is 2. The van der Waals surface area contributed by atoms with E-state index in [9.17, 15) is 0 Å². The van der Waals surface area contributed by atoms with Gasteiger partial charge in [-0.15, -0.1) is 24.0 Å². The van der Waals surface area contributed by atoms with E-state index < -0.39 is 0 Å². The van der Waals surface area contributed by atoms with Gasteiger partial charge in [0.05, 0.1) is 12.2 Å². The molecule has 1 atom stereocenters. The predicted molar refractivity (Wildman–Crippen MR) is 120 cm³/mol. The molecule has 0 saturated carbocycles. The van der Waals surface area contributed by atoms with Crippen LogP contribution >= 0.6 is 35.6 Å². The average Bonchev–Trinajstić information content (AvgIpc) is 3.05. The average molecular weight is 507 g/mol. The van der Waals surface area contributed by atoms with Gasteiger partial charge < -0.3 is 19.9 Å². The van der Waals surface area contributed by atoms with Gasteiger partial charge in [-0.2, -0.15) is 0 Å². The minimum Gasteiger partial charge on any atom is -0.489 e. The van der Waals surface area contributed by atoms with Crippen LogP contribution < -0.4 is 15.4 Å². The molecule has 8 heteroatoms. The number of aryl methyl sites for hydroxylation is 2. The topological polar surface area (TPSA) is 71.7 Å². The molecule has 2 N–H and O–H groups in total. The van der Waals surface area contributed by atoms with Crippen LogP contribution in [0.1, 0.15) is 37.8 Å². The van der Waals surface area contributed by atoms with Gasteiger partial charge in [-0.1, -0.05) is 30.6 Å². The quantitative estimate of drug-likeness (QED) is 0.319. The number of rotatable bonds is 8. The summed E-state index contributed by atoms with van der Waals surface area (Å²) >= 11 is 5.89. The summed E-state index contributed by atoms with van der Waals surface area (Å²) in [5.41, 5.74) is 2.10. The third kappa shape index (κ3) is 7.21. The Morgan fingerprint density at radius 3 is 2.52 bits per heavy atom. The van der Waals surface area contributed by atoms with Crippen LogP contribution in [0.2, 0.25) is 5.02 Å². The predicted octanol–water partition coefficient (Wildman–Crippen LogP) is 4.20. The van der Waals surface area contributed by atoms with Crippen LogP contribution in [0.25, 0.3) is 0 Å². The molecule has 0 radical (unpaired) electrons. The first-order chi connectivity index (χ1) is 12.6. The standard InChI is InChI=1S/C19H27ClN4O2.HI/c1-5-17-16(18(6-2)26-24-17)12-23-19(21-4)22-11-13(3)25-15-9-7-14(20)8-10-15;/h7-10,13H,5-6,11-12H2,1-4H3,(H2,21,22,23);1H. The summed E-state index contributed by atoms with van der Waals surface area (Å²) in [5.74, 6) is 2.42. The number of benzene rings is 1. The van der Waals surface area contributed by atoms with Crippen molar-refractivity contribution in [2.24, 2.45) is 4.99 Å². The first kappa shape index (κ1) is 23.6. The molecular formula is C19H28ClIN4O2. The van der Waals surface area contributed by atoms with E-state index in [0.29, 0.717) is 24.1 Å². The largest absolute Gasteiger partial charge is 0.489 e. The highest BCUT2D eigenvalue weighted by molar-refractivity contribution is 14.0. The van der Waals surface area contributed by atoms with Crippen molar-refractivity contribution in [3.8, 4) is 5.75 Å². The van der Waals surface area contributed by atoms with E-state index in [0.717, 1.165) is 35.6 Å². The summed E-state index contributed by atoms with van der Waals surface area (Å²) < 4.78 is 11.3. The minimum absolute atomic E-state index is 0. The lowest BCUT2D eigenvalue weighted by molar-refractivity contribution is 0.224. The molecule has 27 heavy (non-hydrogen) atoms. The van der Waals surface area contributed by atoms with Gasteiger partial charge in [0.15, 0.2) is 5.96 Å². The van der Waals surface area contributed by atoms with Crippen LogP contribution in [0.5, 0.6) is 5.75 Å². The molecule has 2 aromatic rings. The Morgan fingerprint density at radius 2 is 1.93 bits per heavy atom. The molecule has 150 valence electrons. The molecule has 0 fully saturated rings. The Hall–Kier alpha value is -1.48. The zero-order valence-corrected chi connectivity index (χ0v) is 19.3. The van der Waals surface area contributed by atoms with Crippen LogP contribution in [0.4, 0.5) is 0 Å². The van der Waals surface area contributed by atoms with Crippen LogP contribution in [0.15, 0.2) is 33.8 Å². The van der Waals surface area contributed by atoms with E-state index in [2.05, 4.69) is 34.6 Å². The molecule has 1 aromatic heterocycles. The van der Waals surface area contributed by atoms with E-state index in [1.165, 1.54) is 0 Å². The molecule has 0 amide bonds. The second-order valence-electron chi connectivity index (χ2n) is 5.93. The number of ether oxygens (including phenoxy) is 1. The minimum atomic E-state index is -0.0253. The maximum atomic E-state index is 5.89. The molecule has 0 aliphatic rings. The number of hydrogen-bond acceptors (Lipinski definition) is 4. The maximum absolute atomic E-state index is 5.89. The number of halogens is 2. The van der Waals surface area contributed by atoms with Crippen molar-refractivity contribution in [2.45, 2.75) is 46.3 Å². The molecule has 6 nitrogen and oxygen atoms in total. The molecule has 0 bridgehead atoms. The van der Waals surface area contributed by atoms with Gasteiger partial charge in [0.25, 0.3) is 0 Å².